The molecule has 3 heteroatoms. The van der Waals surface area contributed by atoms with Gasteiger partial charge in [0.2, 0.25) is 0 Å². The number of alkyl halides is 3. The average molecular weight is 242 g/mol. The van der Waals surface area contributed by atoms with E-state index in [0.29, 0.717) is 11.5 Å². The van der Waals surface area contributed by atoms with Gasteiger partial charge in [-0.1, -0.05) is 37.6 Å². The number of hydrogen-bond acceptors (Lipinski definition) is 0. The van der Waals surface area contributed by atoms with Crippen molar-refractivity contribution < 1.29 is 13.2 Å². The van der Waals surface area contributed by atoms with Gasteiger partial charge in [-0.3, -0.25) is 0 Å². The van der Waals surface area contributed by atoms with E-state index in [4.69, 9.17) is 0 Å². The van der Waals surface area contributed by atoms with Crippen LogP contribution in [0.3, 0.4) is 0 Å². The molecule has 94 valence electrons. The molecule has 0 N–H and O–H groups in total. The Balaban J connectivity index is 1.95. The lowest BCUT2D eigenvalue weighted by Crippen LogP contribution is -2.21. The van der Waals surface area contributed by atoms with Crippen LogP contribution >= 0.6 is 0 Å². The van der Waals surface area contributed by atoms with E-state index in [1.165, 1.54) is 24.8 Å². The van der Waals surface area contributed by atoms with Crippen molar-refractivity contribution in [1.82, 2.24) is 0 Å². The molecule has 0 nitrogen and oxygen atoms in total. The molecule has 0 radical (unpaired) electrons. The molecule has 0 aliphatic heterocycles. The average Bonchev–Trinajstić information content (AvgIpc) is 2.16. The Hall–Kier alpha value is -0.990. The van der Waals surface area contributed by atoms with Gasteiger partial charge in [-0.15, -0.1) is 0 Å². The maximum atomic E-state index is 12.2. The van der Waals surface area contributed by atoms with Crippen LogP contribution in [0.4, 0.5) is 13.2 Å². The Labute approximate surface area is 99.8 Å². The smallest absolute Gasteiger partial charge is 0.171 e. The molecule has 0 saturated heterocycles. The predicted octanol–water partition coefficient (Wildman–Crippen LogP) is 4.70. The summed E-state index contributed by atoms with van der Waals surface area (Å²) < 4.78 is 36.5. The molecule has 1 aliphatic carbocycles. The third-order valence-corrected chi connectivity index (χ3v) is 3.67. The topological polar surface area (TPSA) is 0 Å². The van der Waals surface area contributed by atoms with Crippen LogP contribution in [0, 0.1) is 5.92 Å². The molecule has 1 aromatic rings. The van der Waals surface area contributed by atoms with Gasteiger partial charge in [-0.05, 0) is 35.8 Å². The molecule has 0 bridgehead atoms. The summed E-state index contributed by atoms with van der Waals surface area (Å²) >= 11 is 0. The van der Waals surface area contributed by atoms with Gasteiger partial charge in [0.1, 0.15) is 0 Å². The van der Waals surface area contributed by atoms with E-state index in [2.05, 4.69) is 6.92 Å². The molecule has 1 fully saturated rings. The first-order valence-electron chi connectivity index (χ1n) is 6.13. The molecule has 0 heterocycles. The Morgan fingerprint density at radius 2 is 1.71 bits per heavy atom. The second kappa shape index (κ2) is 4.71. The summed E-state index contributed by atoms with van der Waals surface area (Å²) in [5.74, 6) is 1.38. The quantitative estimate of drug-likeness (QED) is 0.721. The summed E-state index contributed by atoms with van der Waals surface area (Å²) in [4.78, 5) is 0. The highest BCUT2D eigenvalue weighted by molar-refractivity contribution is 5.27. The van der Waals surface area contributed by atoms with Crippen molar-refractivity contribution in [2.45, 2.75) is 44.7 Å². The zero-order valence-electron chi connectivity index (χ0n) is 9.93. The number of hydrogen-bond donors (Lipinski definition) is 0. The third-order valence-electron chi connectivity index (χ3n) is 3.67. The fourth-order valence-electron chi connectivity index (χ4n) is 2.48. The maximum absolute atomic E-state index is 12.2. The fourth-order valence-corrected chi connectivity index (χ4v) is 2.48. The first-order chi connectivity index (χ1) is 7.98. The zero-order valence-corrected chi connectivity index (χ0v) is 9.93. The molecule has 0 amide bonds. The van der Waals surface area contributed by atoms with Gasteiger partial charge in [-0.25, -0.2) is 0 Å². The lowest BCUT2D eigenvalue weighted by molar-refractivity contribution is -0.127. The Kier molecular flexibility index (Phi) is 3.45. The summed E-state index contributed by atoms with van der Waals surface area (Å²) in [7, 11) is 0. The van der Waals surface area contributed by atoms with Crippen molar-refractivity contribution >= 4 is 0 Å². The molecule has 2 rings (SSSR count). The summed E-state index contributed by atoms with van der Waals surface area (Å²) in [6, 6.07) is 6.94. The Morgan fingerprint density at radius 3 is 2.18 bits per heavy atom. The molecular weight excluding hydrogens is 225 g/mol. The molecule has 0 atom stereocenters. The Bertz CT molecular complexity index is 358. The van der Waals surface area contributed by atoms with Crippen molar-refractivity contribution in [2.75, 3.05) is 0 Å². The minimum Gasteiger partial charge on any atom is -0.171 e. The molecular formula is C14H17F3. The van der Waals surface area contributed by atoms with Crippen molar-refractivity contribution in [2.24, 2.45) is 5.92 Å². The van der Waals surface area contributed by atoms with Crippen molar-refractivity contribution in [3.8, 4) is 0 Å². The van der Waals surface area contributed by atoms with Gasteiger partial charge in [0.25, 0.3) is 0 Å². The van der Waals surface area contributed by atoms with E-state index in [9.17, 15) is 13.2 Å². The largest absolute Gasteiger partial charge is 0.393 e. The second-order valence-electron chi connectivity index (χ2n) is 4.98. The summed E-state index contributed by atoms with van der Waals surface area (Å²) in [6.07, 6.45) is -1.34. The van der Waals surface area contributed by atoms with Crippen molar-refractivity contribution in [3.63, 3.8) is 0 Å². The van der Waals surface area contributed by atoms with Gasteiger partial charge >= 0.3 is 6.18 Å². The molecule has 1 aliphatic rings. The van der Waals surface area contributed by atoms with Crippen LogP contribution in [-0.2, 0) is 6.42 Å². The van der Waals surface area contributed by atoms with E-state index in [-0.39, 0.29) is 0 Å². The monoisotopic (exact) mass is 242 g/mol. The van der Waals surface area contributed by atoms with Crippen LogP contribution < -0.4 is 0 Å². The highest BCUT2D eigenvalue weighted by Crippen LogP contribution is 2.43. The van der Waals surface area contributed by atoms with Gasteiger partial charge in [0, 0.05) is 0 Å². The van der Waals surface area contributed by atoms with E-state index in [0.717, 1.165) is 5.92 Å². The van der Waals surface area contributed by atoms with Crippen molar-refractivity contribution in [3.05, 3.63) is 35.4 Å². The normalized spacial score (nSPS) is 24.5. The molecule has 0 unspecified atom stereocenters. The van der Waals surface area contributed by atoms with Crippen LogP contribution in [0.15, 0.2) is 24.3 Å². The highest BCUT2D eigenvalue weighted by Gasteiger charge is 2.30. The number of rotatable bonds is 3. The molecule has 1 aromatic carbocycles. The molecule has 1 saturated carbocycles. The minimum atomic E-state index is -4.11. The maximum Gasteiger partial charge on any atom is 0.393 e. The zero-order chi connectivity index (χ0) is 12.5. The van der Waals surface area contributed by atoms with Crippen molar-refractivity contribution in [1.29, 1.82) is 0 Å². The van der Waals surface area contributed by atoms with E-state index in [1.54, 1.807) is 12.1 Å². The third kappa shape index (κ3) is 3.24. The van der Waals surface area contributed by atoms with Gasteiger partial charge in [0.15, 0.2) is 0 Å². The van der Waals surface area contributed by atoms with Crippen LogP contribution in [0.25, 0.3) is 0 Å². The highest BCUT2D eigenvalue weighted by atomic mass is 19.4. The summed E-state index contributed by atoms with van der Waals surface area (Å²) in [5, 5.41) is 0. The van der Waals surface area contributed by atoms with E-state index in [1.807, 2.05) is 12.1 Å². The first-order valence-corrected chi connectivity index (χ1v) is 6.13. The lowest BCUT2D eigenvalue weighted by atomic mass is 9.70. The number of halogens is 3. The van der Waals surface area contributed by atoms with Gasteiger partial charge in [0.05, 0.1) is 6.42 Å². The van der Waals surface area contributed by atoms with Crippen LogP contribution in [0.2, 0.25) is 0 Å². The van der Waals surface area contributed by atoms with Gasteiger partial charge < -0.3 is 0 Å². The van der Waals surface area contributed by atoms with Gasteiger partial charge in [-0.2, -0.15) is 13.2 Å². The van der Waals surface area contributed by atoms with Crippen LogP contribution in [0.5, 0.6) is 0 Å². The predicted molar refractivity (Wildman–Crippen MR) is 62.0 cm³/mol. The summed E-state index contributed by atoms with van der Waals surface area (Å²) in [6.45, 7) is 2.19. The van der Waals surface area contributed by atoms with Crippen LogP contribution in [-0.4, -0.2) is 6.18 Å². The van der Waals surface area contributed by atoms with E-state index >= 15 is 0 Å². The molecule has 17 heavy (non-hydrogen) atoms. The SMILES string of the molecule is CCC1CC(c2ccc(CC(F)(F)F)cc2)C1. The molecule has 0 aromatic heterocycles. The standard InChI is InChI=1S/C14H17F3/c1-2-10-7-13(8-10)12-5-3-11(4-6-12)9-14(15,16)17/h3-6,10,13H,2,7-9H2,1H3. The first kappa shape index (κ1) is 12.5. The minimum absolute atomic E-state index is 0.354. The molecule has 0 spiro atoms. The van der Waals surface area contributed by atoms with E-state index < -0.39 is 12.6 Å². The second-order valence-corrected chi connectivity index (χ2v) is 4.98. The van der Waals surface area contributed by atoms with Crippen LogP contribution in [0.1, 0.15) is 43.2 Å². The number of benzene rings is 1. The Morgan fingerprint density at radius 1 is 1.12 bits per heavy atom. The summed E-state index contributed by atoms with van der Waals surface area (Å²) in [5.41, 5.74) is 1.55. The lowest BCUT2D eigenvalue weighted by Gasteiger charge is -2.35. The fraction of sp³-hybridized carbons (Fsp3) is 0.571.